The van der Waals surface area contributed by atoms with Gasteiger partial charge in [-0.15, -0.1) is 11.6 Å². The van der Waals surface area contributed by atoms with E-state index in [1.54, 1.807) is 30.7 Å². The van der Waals surface area contributed by atoms with E-state index in [0.717, 1.165) is 11.3 Å². The molecule has 0 saturated carbocycles. The lowest BCUT2D eigenvalue weighted by Crippen LogP contribution is -1.97. The molecule has 0 spiro atoms. The van der Waals surface area contributed by atoms with Crippen molar-refractivity contribution in [3.05, 3.63) is 42.0 Å². The lowest BCUT2D eigenvalue weighted by molar-refractivity contribution is 0.438. The van der Waals surface area contributed by atoms with E-state index >= 15 is 0 Å². The first-order valence-corrected chi connectivity index (χ1v) is 5.29. The van der Waals surface area contributed by atoms with Crippen LogP contribution in [0, 0.1) is 6.92 Å². The zero-order valence-electron chi connectivity index (χ0n) is 8.72. The molecule has 82 valence electrons. The molecule has 0 unspecified atom stereocenters. The highest BCUT2D eigenvalue weighted by Crippen LogP contribution is 2.17. The average Bonchev–Trinajstić information content (AvgIpc) is 2.31. The van der Waals surface area contributed by atoms with Crippen LogP contribution >= 0.6 is 11.6 Å². The van der Waals surface area contributed by atoms with Gasteiger partial charge in [0.1, 0.15) is 5.75 Å². The topological polar surface area (TPSA) is 47.9 Å². The van der Waals surface area contributed by atoms with Gasteiger partial charge in [-0.1, -0.05) is 0 Å². The normalized spacial score (nSPS) is 10.1. The lowest BCUT2D eigenvalue weighted by atomic mass is 10.3. The second-order valence-corrected chi connectivity index (χ2v) is 3.45. The molecule has 4 nitrogen and oxygen atoms in total. The van der Waals surface area contributed by atoms with E-state index in [1.165, 1.54) is 0 Å². The van der Waals surface area contributed by atoms with Gasteiger partial charge in [0.05, 0.1) is 12.1 Å². The molecular weight excluding hydrogens is 226 g/mol. The van der Waals surface area contributed by atoms with E-state index in [0.29, 0.717) is 17.6 Å². The first-order valence-electron chi connectivity index (χ1n) is 4.76. The molecule has 2 aromatic heterocycles. The van der Waals surface area contributed by atoms with Crippen LogP contribution in [-0.2, 0) is 5.88 Å². The van der Waals surface area contributed by atoms with Crippen LogP contribution in [0.25, 0.3) is 0 Å². The third-order valence-electron chi connectivity index (χ3n) is 2.05. The van der Waals surface area contributed by atoms with Crippen molar-refractivity contribution < 1.29 is 4.74 Å². The maximum Gasteiger partial charge on any atom is 0.322 e. The molecule has 2 aromatic rings. The quantitative estimate of drug-likeness (QED) is 0.768. The van der Waals surface area contributed by atoms with Crippen LogP contribution in [0.2, 0.25) is 0 Å². The van der Waals surface area contributed by atoms with Crippen LogP contribution in [0.4, 0.5) is 0 Å². The number of aromatic nitrogens is 3. The van der Waals surface area contributed by atoms with Gasteiger partial charge in [0.25, 0.3) is 0 Å². The van der Waals surface area contributed by atoms with Gasteiger partial charge in [-0.05, 0) is 19.1 Å². The second kappa shape index (κ2) is 4.90. The van der Waals surface area contributed by atoms with E-state index in [2.05, 4.69) is 15.0 Å². The van der Waals surface area contributed by atoms with Crippen molar-refractivity contribution in [1.82, 2.24) is 15.0 Å². The Kier molecular flexibility index (Phi) is 3.31. The minimum atomic E-state index is 0.305. The number of halogens is 1. The van der Waals surface area contributed by atoms with E-state index in [9.17, 15) is 0 Å². The van der Waals surface area contributed by atoms with Crippen LogP contribution in [-0.4, -0.2) is 15.0 Å². The Balaban J connectivity index is 2.20. The SMILES string of the molecule is Cc1nc(Oc2cccnc2)ncc1CCl. The third-order valence-corrected chi connectivity index (χ3v) is 2.33. The molecule has 0 N–H and O–H groups in total. The zero-order valence-corrected chi connectivity index (χ0v) is 9.48. The Morgan fingerprint density at radius 3 is 2.88 bits per heavy atom. The van der Waals surface area contributed by atoms with Crippen LogP contribution < -0.4 is 4.74 Å². The number of alkyl halides is 1. The van der Waals surface area contributed by atoms with Gasteiger partial charge in [0, 0.05) is 23.7 Å². The summed E-state index contributed by atoms with van der Waals surface area (Å²) in [7, 11) is 0. The predicted molar refractivity (Wildman–Crippen MR) is 60.6 cm³/mol. The summed E-state index contributed by atoms with van der Waals surface area (Å²) < 4.78 is 5.43. The largest absolute Gasteiger partial charge is 0.423 e. The number of ether oxygens (including phenoxy) is 1. The van der Waals surface area contributed by atoms with E-state index < -0.39 is 0 Å². The molecule has 2 rings (SSSR count). The fourth-order valence-corrected chi connectivity index (χ4v) is 1.43. The van der Waals surface area contributed by atoms with Gasteiger partial charge in [-0.2, -0.15) is 4.98 Å². The van der Waals surface area contributed by atoms with Gasteiger partial charge in [0.2, 0.25) is 0 Å². The molecule has 0 atom stereocenters. The molecule has 0 fully saturated rings. The van der Waals surface area contributed by atoms with Crippen molar-refractivity contribution in [2.75, 3.05) is 0 Å². The van der Waals surface area contributed by atoms with Crippen molar-refractivity contribution in [1.29, 1.82) is 0 Å². The van der Waals surface area contributed by atoms with Crippen molar-refractivity contribution in [2.45, 2.75) is 12.8 Å². The molecule has 0 aromatic carbocycles. The van der Waals surface area contributed by atoms with Crippen molar-refractivity contribution in [3.63, 3.8) is 0 Å². The monoisotopic (exact) mass is 235 g/mol. The molecule has 5 heteroatoms. The molecule has 0 radical (unpaired) electrons. The van der Waals surface area contributed by atoms with Gasteiger partial charge in [0.15, 0.2) is 0 Å². The lowest BCUT2D eigenvalue weighted by Gasteiger charge is -2.05. The fourth-order valence-electron chi connectivity index (χ4n) is 1.16. The Bertz CT molecular complexity index is 476. The Hall–Kier alpha value is -1.68. The van der Waals surface area contributed by atoms with Crippen LogP contribution in [0.15, 0.2) is 30.7 Å². The third kappa shape index (κ3) is 2.46. The number of hydrogen-bond acceptors (Lipinski definition) is 4. The van der Waals surface area contributed by atoms with Crippen LogP contribution in [0.1, 0.15) is 11.3 Å². The summed E-state index contributed by atoms with van der Waals surface area (Å²) in [5, 5.41) is 0. The minimum absolute atomic E-state index is 0.305. The summed E-state index contributed by atoms with van der Waals surface area (Å²) in [5.41, 5.74) is 1.73. The molecule has 0 aliphatic carbocycles. The maximum absolute atomic E-state index is 5.71. The Morgan fingerprint density at radius 2 is 2.25 bits per heavy atom. The summed E-state index contributed by atoms with van der Waals surface area (Å²) in [6, 6.07) is 3.88. The number of hydrogen-bond donors (Lipinski definition) is 0. The predicted octanol–water partition coefficient (Wildman–Crippen LogP) is 2.71. The number of aryl methyl sites for hydroxylation is 1. The molecule has 2 heterocycles. The highest BCUT2D eigenvalue weighted by atomic mass is 35.5. The Labute approximate surface area is 98.3 Å². The fraction of sp³-hybridized carbons (Fsp3) is 0.182. The minimum Gasteiger partial charge on any atom is -0.423 e. The molecule has 0 aliphatic rings. The first kappa shape index (κ1) is 10.8. The van der Waals surface area contributed by atoms with Gasteiger partial charge < -0.3 is 4.74 Å². The highest BCUT2D eigenvalue weighted by Gasteiger charge is 2.04. The molecule has 0 amide bonds. The second-order valence-electron chi connectivity index (χ2n) is 3.19. The van der Waals surface area contributed by atoms with Gasteiger partial charge in [-0.25, -0.2) is 4.98 Å². The standard InChI is InChI=1S/C11H10ClN3O/c1-8-9(5-12)6-14-11(15-8)16-10-3-2-4-13-7-10/h2-4,6-7H,5H2,1H3. The zero-order chi connectivity index (χ0) is 11.4. The number of rotatable bonds is 3. The molecular formula is C11H10ClN3O. The average molecular weight is 236 g/mol. The van der Waals surface area contributed by atoms with Gasteiger partial charge >= 0.3 is 6.01 Å². The highest BCUT2D eigenvalue weighted by molar-refractivity contribution is 6.17. The molecule has 0 bridgehead atoms. The van der Waals surface area contributed by atoms with Gasteiger partial charge in [-0.3, -0.25) is 4.98 Å². The van der Waals surface area contributed by atoms with Crippen molar-refractivity contribution >= 4 is 11.6 Å². The number of nitrogens with zero attached hydrogens (tertiary/aromatic N) is 3. The van der Waals surface area contributed by atoms with E-state index in [-0.39, 0.29) is 0 Å². The first-order chi connectivity index (χ1) is 7.79. The van der Waals surface area contributed by atoms with E-state index in [4.69, 9.17) is 16.3 Å². The summed E-state index contributed by atoms with van der Waals surface area (Å²) in [5.74, 6) is 1.01. The summed E-state index contributed by atoms with van der Waals surface area (Å²) in [4.78, 5) is 12.2. The molecule has 0 aliphatic heterocycles. The Morgan fingerprint density at radius 1 is 1.38 bits per heavy atom. The molecule has 16 heavy (non-hydrogen) atoms. The summed E-state index contributed by atoms with van der Waals surface area (Å²) >= 11 is 5.71. The summed E-state index contributed by atoms with van der Waals surface area (Å²) in [6.45, 7) is 1.87. The van der Waals surface area contributed by atoms with Crippen LogP contribution in [0.5, 0.6) is 11.8 Å². The summed E-state index contributed by atoms with van der Waals surface area (Å²) in [6.07, 6.45) is 4.95. The van der Waals surface area contributed by atoms with E-state index in [1.807, 2.05) is 6.92 Å². The smallest absolute Gasteiger partial charge is 0.322 e. The number of pyridine rings is 1. The van der Waals surface area contributed by atoms with Crippen LogP contribution in [0.3, 0.4) is 0 Å². The van der Waals surface area contributed by atoms with Crippen molar-refractivity contribution in [2.24, 2.45) is 0 Å². The van der Waals surface area contributed by atoms with Crippen molar-refractivity contribution in [3.8, 4) is 11.8 Å². The molecule has 0 saturated heterocycles. The maximum atomic E-state index is 5.71.